The van der Waals surface area contributed by atoms with E-state index in [4.69, 9.17) is 0 Å². The molecule has 0 bridgehead atoms. The van der Waals surface area contributed by atoms with E-state index in [1.54, 1.807) is 24.3 Å². The highest BCUT2D eigenvalue weighted by atomic mass is 127. The van der Waals surface area contributed by atoms with Gasteiger partial charge >= 0.3 is 23.9 Å². The lowest BCUT2D eigenvalue weighted by Crippen LogP contribution is -1.99. The number of rotatable bonds is 1. The van der Waals surface area contributed by atoms with Crippen LogP contribution in [0.15, 0.2) is 24.3 Å². The molecule has 8 heteroatoms. The van der Waals surface area contributed by atoms with E-state index in [-0.39, 0.29) is 22.3 Å². The van der Waals surface area contributed by atoms with Crippen LogP contribution >= 0.6 is 45.2 Å². The first kappa shape index (κ1) is 15.7. The number of esters is 4. The third-order valence-electron chi connectivity index (χ3n) is 3.76. The zero-order valence-electron chi connectivity index (χ0n) is 11.5. The summed E-state index contributed by atoms with van der Waals surface area (Å²) in [6.45, 7) is 0. The Morgan fingerprint density at radius 1 is 0.500 bits per heavy atom. The number of cyclic esters (lactones) is 4. The highest BCUT2D eigenvalue weighted by Crippen LogP contribution is 2.36. The number of hydrogen-bond acceptors (Lipinski definition) is 6. The van der Waals surface area contributed by atoms with Crippen LogP contribution in [0.3, 0.4) is 0 Å². The van der Waals surface area contributed by atoms with Crippen LogP contribution in [-0.4, -0.2) is 23.9 Å². The minimum Gasteiger partial charge on any atom is -0.386 e. The van der Waals surface area contributed by atoms with Gasteiger partial charge in [-0.05, 0) is 80.6 Å². The topological polar surface area (TPSA) is 86.7 Å². The summed E-state index contributed by atoms with van der Waals surface area (Å²) in [5, 5.41) is 0. The number of hydrogen-bond donors (Lipinski definition) is 0. The highest BCUT2D eigenvalue weighted by molar-refractivity contribution is 14.1. The second-order valence-electron chi connectivity index (χ2n) is 5.11. The van der Waals surface area contributed by atoms with Crippen LogP contribution in [0.25, 0.3) is 11.1 Å². The number of carbonyl (C=O) groups is 4. The van der Waals surface area contributed by atoms with Crippen LogP contribution in [0.1, 0.15) is 41.4 Å². The van der Waals surface area contributed by atoms with E-state index in [1.807, 2.05) is 45.2 Å². The van der Waals surface area contributed by atoms with Crippen LogP contribution < -0.4 is 0 Å². The van der Waals surface area contributed by atoms with Crippen LogP contribution in [0.5, 0.6) is 0 Å². The van der Waals surface area contributed by atoms with Gasteiger partial charge in [-0.3, -0.25) is 0 Å². The summed E-state index contributed by atoms with van der Waals surface area (Å²) < 4.78 is 10.7. The quantitative estimate of drug-likeness (QED) is 0.311. The summed E-state index contributed by atoms with van der Waals surface area (Å²) in [5.41, 5.74) is 2.15. The van der Waals surface area contributed by atoms with Crippen molar-refractivity contribution in [2.75, 3.05) is 0 Å². The molecule has 0 saturated carbocycles. The molecule has 0 unspecified atom stereocenters. The van der Waals surface area contributed by atoms with Crippen LogP contribution in [0.2, 0.25) is 0 Å². The molecule has 4 rings (SSSR count). The summed E-state index contributed by atoms with van der Waals surface area (Å²) in [4.78, 5) is 46.8. The monoisotopic (exact) mass is 546 g/mol. The summed E-state index contributed by atoms with van der Waals surface area (Å²) in [6.07, 6.45) is 0. The smallest absolute Gasteiger partial charge is 0.346 e. The van der Waals surface area contributed by atoms with Gasteiger partial charge in [0, 0.05) is 7.14 Å². The minimum absolute atomic E-state index is 0.186. The molecule has 2 heterocycles. The van der Waals surface area contributed by atoms with Gasteiger partial charge < -0.3 is 9.47 Å². The first-order chi connectivity index (χ1) is 11.4. The van der Waals surface area contributed by atoms with Gasteiger partial charge in [-0.1, -0.05) is 0 Å². The van der Waals surface area contributed by atoms with Crippen LogP contribution in [0, 0.1) is 7.14 Å². The predicted molar refractivity (Wildman–Crippen MR) is 96.8 cm³/mol. The molecule has 2 aliphatic rings. The normalized spacial score (nSPS) is 15.2. The van der Waals surface area contributed by atoms with Crippen molar-refractivity contribution in [3.8, 4) is 11.1 Å². The molecule has 0 saturated heterocycles. The van der Waals surface area contributed by atoms with E-state index in [9.17, 15) is 19.2 Å². The average Bonchev–Trinajstić information content (AvgIpc) is 2.95. The fraction of sp³-hybridized carbons (Fsp3) is 0. The van der Waals surface area contributed by atoms with Crippen molar-refractivity contribution in [3.63, 3.8) is 0 Å². The first-order valence-electron chi connectivity index (χ1n) is 6.57. The maximum absolute atomic E-state index is 11.8. The molecule has 0 radical (unpaired) electrons. The Morgan fingerprint density at radius 2 is 0.792 bits per heavy atom. The van der Waals surface area contributed by atoms with Gasteiger partial charge in [-0.15, -0.1) is 0 Å². The summed E-state index contributed by atoms with van der Waals surface area (Å²) in [7, 11) is 0. The lowest BCUT2D eigenvalue weighted by Gasteiger charge is -2.10. The van der Waals surface area contributed by atoms with Crippen LogP contribution in [0.4, 0.5) is 0 Å². The third kappa shape index (κ3) is 2.19. The molecular formula is C16H4I2O6. The molecule has 24 heavy (non-hydrogen) atoms. The molecule has 0 amide bonds. The maximum Gasteiger partial charge on any atom is 0.346 e. The van der Waals surface area contributed by atoms with E-state index >= 15 is 0 Å². The van der Waals surface area contributed by atoms with Crippen molar-refractivity contribution < 1.29 is 28.7 Å². The molecule has 0 atom stereocenters. The Bertz CT molecular complexity index is 927. The molecular weight excluding hydrogens is 542 g/mol. The largest absolute Gasteiger partial charge is 0.386 e. The Kier molecular flexibility index (Phi) is 3.49. The molecule has 0 aliphatic carbocycles. The Hall–Kier alpha value is -1.82. The number of ether oxygens (including phenoxy) is 2. The summed E-state index contributed by atoms with van der Waals surface area (Å²) in [6, 6.07) is 6.28. The van der Waals surface area contributed by atoms with E-state index in [0.717, 1.165) is 0 Å². The lowest BCUT2D eigenvalue weighted by atomic mass is 9.97. The Morgan fingerprint density at radius 3 is 1.12 bits per heavy atom. The zero-order valence-corrected chi connectivity index (χ0v) is 15.8. The van der Waals surface area contributed by atoms with Gasteiger partial charge in [0.25, 0.3) is 0 Å². The molecule has 2 aliphatic heterocycles. The molecule has 0 aromatic heterocycles. The number of halogens is 2. The van der Waals surface area contributed by atoms with E-state index < -0.39 is 23.9 Å². The third-order valence-corrected chi connectivity index (χ3v) is 5.54. The molecule has 2 aromatic rings. The molecule has 0 fully saturated rings. The van der Waals surface area contributed by atoms with Gasteiger partial charge in [0.1, 0.15) is 0 Å². The van der Waals surface area contributed by atoms with E-state index in [0.29, 0.717) is 18.3 Å². The molecule has 118 valence electrons. The van der Waals surface area contributed by atoms with Gasteiger partial charge in [-0.25, -0.2) is 19.2 Å². The van der Waals surface area contributed by atoms with Crippen molar-refractivity contribution >= 4 is 69.1 Å². The van der Waals surface area contributed by atoms with Gasteiger partial charge in [0.2, 0.25) is 0 Å². The molecule has 2 aromatic carbocycles. The Labute approximate surface area is 161 Å². The average molecular weight is 546 g/mol. The first-order valence-corrected chi connectivity index (χ1v) is 8.73. The minimum atomic E-state index is -0.696. The maximum atomic E-state index is 11.8. The van der Waals surface area contributed by atoms with Gasteiger partial charge in [0.15, 0.2) is 0 Å². The fourth-order valence-electron chi connectivity index (χ4n) is 2.62. The van der Waals surface area contributed by atoms with Crippen molar-refractivity contribution in [3.05, 3.63) is 53.7 Å². The Balaban J connectivity index is 1.95. The second kappa shape index (κ2) is 5.34. The highest BCUT2D eigenvalue weighted by Gasteiger charge is 2.33. The zero-order chi connectivity index (χ0) is 17.2. The summed E-state index contributed by atoms with van der Waals surface area (Å²) in [5.74, 6) is -2.73. The SMILES string of the molecule is O=C1OC(=O)c2cc(-c3cc4c(cc3I)C(=O)OC4=O)c(I)cc21. The van der Waals surface area contributed by atoms with Crippen molar-refractivity contribution in [2.24, 2.45) is 0 Å². The van der Waals surface area contributed by atoms with E-state index in [1.165, 1.54) is 0 Å². The summed E-state index contributed by atoms with van der Waals surface area (Å²) >= 11 is 4.09. The second-order valence-corrected chi connectivity index (χ2v) is 7.43. The number of carbonyl (C=O) groups excluding carboxylic acids is 4. The molecule has 0 spiro atoms. The van der Waals surface area contributed by atoms with E-state index in [2.05, 4.69) is 9.47 Å². The molecule has 0 N–H and O–H groups in total. The number of benzene rings is 2. The van der Waals surface area contributed by atoms with Gasteiger partial charge in [0.05, 0.1) is 22.3 Å². The van der Waals surface area contributed by atoms with Crippen molar-refractivity contribution in [1.29, 1.82) is 0 Å². The molecule has 6 nitrogen and oxygen atoms in total. The van der Waals surface area contributed by atoms with Crippen molar-refractivity contribution in [2.45, 2.75) is 0 Å². The number of fused-ring (bicyclic) bond motifs is 2. The van der Waals surface area contributed by atoms with Gasteiger partial charge in [-0.2, -0.15) is 0 Å². The predicted octanol–water partition coefficient (Wildman–Crippen LogP) is 3.18. The standard InChI is InChI=1S/C16H4I2O6/c17-11-3-9-7(13(19)23-15(9)21)1-5(11)6-2-8-10(4-12(6)18)16(22)24-14(8)20/h1-4H. The van der Waals surface area contributed by atoms with Crippen LogP contribution in [-0.2, 0) is 9.47 Å². The van der Waals surface area contributed by atoms with Crippen molar-refractivity contribution in [1.82, 2.24) is 0 Å². The fourth-order valence-corrected chi connectivity index (χ4v) is 4.14. The lowest BCUT2D eigenvalue weighted by molar-refractivity contribution is 0.0425.